The Hall–Kier alpha value is -3.12. The number of nitrogens with one attached hydrogen (secondary N) is 1. The predicted octanol–water partition coefficient (Wildman–Crippen LogP) is 3.91. The van der Waals surface area contributed by atoms with Gasteiger partial charge in [0.25, 0.3) is 11.5 Å². The Labute approximate surface area is 193 Å². The summed E-state index contributed by atoms with van der Waals surface area (Å²) in [4.78, 5) is 31.1. The molecule has 0 unspecified atom stereocenters. The predicted molar refractivity (Wildman–Crippen MR) is 114 cm³/mol. The lowest BCUT2D eigenvalue weighted by Crippen LogP contribution is -2.41. The first-order chi connectivity index (χ1) is 15.7. The number of rotatable bonds is 7. The first-order valence-corrected chi connectivity index (χ1v) is 10.4. The zero-order valence-electron chi connectivity index (χ0n) is 19.1. The fraction of sp³-hybridized carbons (Fsp3) is 0.455. The van der Waals surface area contributed by atoms with Crippen molar-refractivity contribution in [2.45, 2.75) is 39.2 Å². The van der Waals surface area contributed by atoms with Crippen LogP contribution < -0.4 is 15.6 Å². The Balaban J connectivity index is 1.86. The van der Waals surface area contributed by atoms with Crippen molar-refractivity contribution < 1.29 is 36.7 Å². The van der Waals surface area contributed by atoms with E-state index in [1.54, 1.807) is 0 Å². The lowest BCUT2D eigenvalue weighted by Gasteiger charge is -2.30. The number of carbonyl (C=O) groups is 1. The molecule has 1 N–H and O–H groups in total. The molecule has 0 fully saturated rings. The van der Waals surface area contributed by atoms with Crippen LogP contribution in [0.15, 0.2) is 29.1 Å². The van der Waals surface area contributed by atoms with Gasteiger partial charge in [-0.15, -0.1) is 13.2 Å². The van der Waals surface area contributed by atoms with Gasteiger partial charge >= 0.3 is 6.36 Å². The molecular formula is C22H25F4N3O5. The minimum atomic E-state index is -4.97. The lowest BCUT2D eigenvalue weighted by atomic mass is 10.0. The maximum Gasteiger partial charge on any atom is 0.573 e. The second-order valence-corrected chi connectivity index (χ2v) is 8.56. The minimum absolute atomic E-state index is 0.0184. The number of pyridine rings is 1. The summed E-state index contributed by atoms with van der Waals surface area (Å²) in [7, 11) is 1.38. The van der Waals surface area contributed by atoms with E-state index in [-0.39, 0.29) is 42.4 Å². The summed E-state index contributed by atoms with van der Waals surface area (Å²) in [5, 5.41) is 3.80. The zero-order valence-corrected chi connectivity index (χ0v) is 19.1. The van der Waals surface area contributed by atoms with E-state index in [4.69, 9.17) is 9.57 Å². The highest BCUT2D eigenvalue weighted by atomic mass is 19.4. The standard InChI is InChI=1S/C22H25F4N3O5/c1-21(2,3)32-9-10-33-29-8-7-13-11-17(30)28(4)19(18(13)20(29)31)27-16-6-5-14(12-15(16)23)34-22(24,25)26/h5-6,11-12,27H,7-10H2,1-4H3. The summed E-state index contributed by atoms with van der Waals surface area (Å²) >= 11 is 0. The molecule has 1 aromatic heterocycles. The number of nitrogens with zero attached hydrogens (tertiary/aromatic N) is 2. The fourth-order valence-corrected chi connectivity index (χ4v) is 3.32. The molecule has 2 aromatic rings. The Morgan fingerprint density at radius 3 is 2.41 bits per heavy atom. The molecule has 1 amide bonds. The van der Waals surface area contributed by atoms with Crippen LogP contribution in [-0.4, -0.2) is 47.3 Å². The van der Waals surface area contributed by atoms with Crippen molar-refractivity contribution in [3.05, 3.63) is 51.6 Å². The Morgan fingerprint density at radius 1 is 1.09 bits per heavy atom. The van der Waals surface area contributed by atoms with E-state index in [0.717, 1.165) is 21.8 Å². The number of carbonyl (C=O) groups excluding carboxylic acids is 1. The number of fused-ring (bicyclic) bond motifs is 1. The fourth-order valence-electron chi connectivity index (χ4n) is 3.32. The van der Waals surface area contributed by atoms with Crippen molar-refractivity contribution in [1.29, 1.82) is 0 Å². The number of aromatic nitrogens is 1. The Kier molecular flexibility index (Phi) is 7.22. The third-order valence-electron chi connectivity index (χ3n) is 4.84. The van der Waals surface area contributed by atoms with E-state index in [0.29, 0.717) is 18.1 Å². The molecule has 1 aromatic carbocycles. The smallest absolute Gasteiger partial charge is 0.406 e. The number of anilines is 2. The van der Waals surface area contributed by atoms with Crippen LogP contribution >= 0.6 is 0 Å². The molecular weight excluding hydrogens is 462 g/mol. The van der Waals surface area contributed by atoms with Crippen molar-refractivity contribution in [3.8, 4) is 5.75 Å². The van der Waals surface area contributed by atoms with E-state index in [1.165, 1.54) is 13.1 Å². The van der Waals surface area contributed by atoms with Crippen LogP contribution in [0, 0.1) is 5.82 Å². The molecule has 0 radical (unpaired) electrons. The quantitative estimate of drug-likeness (QED) is 0.471. The number of hydroxylamine groups is 2. The average molecular weight is 487 g/mol. The summed E-state index contributed by atoms with van der Waals surface area (Å²) in [5.74, 6) is -2.38. The molecule has 1 aliphatic rings. The van der Waals surface area contributed by atoms with Gasteiger partial charge in [0.1, 0.15) is 17.4 Å². The molecule has 34 heavy (non-hydrogen) atoms. The van der Waals surface area contributed by atoms with Gasteiger partial charge in [-0.05, 0) is 44.9 Å². The highest BCUT2D eigenvalue weighted by Gasteiger charge is 2.32. The Bertz CT molecular complexity index is 1130. The van der Waals surface area contributed by atoms with E-state index in [9.17, 15) is 27.2 Å². The third kappa shape index (κ3) is 6.26. The summed E-state index contributed by atoms with van der Waals surface area (Å²) in [5.41, 5.74) is -0.525. The van der Waals surface area contributed by atoms with Gasteiger partial charge in [-0.1, -0.05) is 0 Å². The number of hydrogen-bond donors (Lipinski definition) is 1. The molecule has 3 rings (SSSR count). The van der Waals surface area contributed by atoms with Gasteiger partial charge in [0.15, 0.2) is 0 Å². The van der Waals surface area contributed by atoms with Crippen molar-refractivity contribution in [1.82, 2.24) is 9.63 Å². The molecule has 0 aliphatic carbocycles. The molecule has 0 saturated heterocycles. The van der Waals surface area contributed by atoms with Crippen LogP contribution in [0.1, 0.15) is 36.7 Å². The van der Waals surface area contributed by atoms with E-state index < -0.39 is 29.4 Å². The average Bonchev–Trinajstić information content (AvgIpc) is 2.70. The van der Waals surface area contributed by atoms with Crippen LogP contribution in [0.5, 0.6) is 5.75 Å². The maximum absolute atomic E-state index is 14.5. The number of alkyl halides is 3. The van der Waals surface area contributed by atoms with Crippen molar-refractivity contribution in [2.75, 3.05) is 25.1 Å². The molecule has 0 spiro atoms. The van der Waals surface area contributed by atoms with Gasteiger partial charge in [0.2, 0.25) is 0 Å². The van der Waals surface area contributed by atoms with Crippen molar-refractivity contribution in [3.63, 3.8) is 0 Å². The minimum Gasteiger partial charge on any atom is -0.406 e. The summed E-state index contributed by atoms with van der Waals surface area (Å²) in [6.45, 7) is 6.21. The number of amides is 1. The van der Waals surface area contributed by atoms with Crippen LogP contribution in [0.4, 0.5) is 29.1 Å². The second kappa shape index (κ2) is 9.63. The largest absolute Gasteiger partial charge is 0.573 e. The highest BCUT2D eigenvalue weighted by Crippen LogP contribution is 2.31. The van der Waals surface area contributed by atoms with Crippen molar-refractivity contribution in [2.24, 2.45) is 7.05 Å². The molecule has 0 saturated carbocycles. The lowest BCUT2D eigenvalue weighted by molar-refractivity contribution is -0.274. The van der Waals surface area contributed by atoms with Crippen LogP contribution in [0.2, 0.25) is 0 Å². The molecule has 12 heteroatoms. The first-order valence-electron chi connectivity index (χ1n) is 10.4. The molecule has 0 atom stereocenters. The second-order valence-electron chi connectivity index (χ2n) is 8.56. The highest BCUT2D eigenvalue weighted by molar-refractivity contribution is 6.01. The van der Waals surface area contributed by atoms with Gasteiger partial charge in [0.05, 0.1) is 36.6 Å². The van der Waals surface area contributed by atoms with Crippen LogP contribution in [0.3, 0.4) is 0 Å². The van der Waals surface area contributed by atoms with Gasteiger partial charge in [0, 0.05) is 19.2 Å². The SMILES string of the molecule is Cn1c(Nc2ccc(OC(F)(F)F)cc2F)c2c(cc1=O)CCN(OCCOC(C)(C)C)C2=O. The number of halogens is 4. The van der Waals surface area contributed by atoms with E-state index in [1.807, 2.05) is 20.8 Å². The molecule has 1 aliphatic heterocycles. The summed E-state index contributed by atoms with van der Waals surface area (Å²) in [6.07, 6.45) is -4.66. The van der Waals surface area contributed by atoms with E-state index >= 15 is 0 Å². The number of benzene rings is 1. The molecule has 186 valence electrons. The monoisotopic (exact) mass is 487 g/mol. The summed E-state index contributed by atoms with van der Waals surface area (Å²) in [6, 6.07) is 3.80. The van der Waals surface area contributed by atoms with Crippen LogP contribution in [-0.2, 0) is 23.0 Å². The van der Waals surface area contributed by atoms with Gasteiger partial charge in [-0.3, -0.25) is 19.0 Å². The number of ether oxygens (including phenoxy) is 2. The van der Waals surface area contributed by atoms with Gasteiger partial charge in [-0.2, -0.15) is 0 Å². The normalized spacial score (nSPS) is 14.2. The first kappa shape index (κ1) is 25.5. The molecule has 2 heterocycles. The van der Waals surface area contributed by atoms with E-state index in [2.05, 4.69) is 10.1 Å². The van der Waals surface area contributed by atoms with Gasteiger partial charge in [-0.25, -0.2) is 9.45 Å². The maximum atomic E-state index is 14.5. The number of hydrogen-bond acceptors (Lipinski definition) is 6. The van der Waals surface area contributed by atoms with Crippen LogP contribution in [0.25, 0.3) is 0 Å². The third-order valence-corrected chi connectivity index (χ3v) is 4.84. The topological polar surface area (TPSA) is 82.0 Å². The van der Waals surface area contributed by atoms with Gasteiger partial charge < -0.3 is 14.8 Å². The molecule has 0 bridgehead atoms. The Morgan fingerprint density at radius 2 is 1.79 bits per heavy atom. The van der Waals surface area contributed by atoms with Crippen molar-refractivity contribution >= 4 is 17.4 Å². The molecule has 8 nitrogen and oxygen atoms in total. The zero-order chi connectivity index (χ0) is 25.3. The summed E-state index contributed by atoms with van der Waals surface area (Å²) < 4.78 is 62.1.